The summed E-state index contributed by atoms with van der Waals surface area (Å²) in [6.45, 7) is 3.78. The fourth-order valence-corrected chi connectivity index (χ4v) is 1.21. The molecule has 2 rings (SSSR count). The first-order valence-corrected chi connectivity index (χ1v) is 4.93. The first-order chi connectivity index (χ1) is 7.69. The van der Waals surface area contributed by atoms with E-state index in [2.05, 4.69) is 30.7 Å². The van der Waals surface area contributed by atoms with Crippen molar-refractivity contribution in [3.63, 3.8) is 0 Å². The predicted molar refractivity (Wildman–Crippen MR) is 57.0 cm³/mol. The fraction of sp³-hybridized carbons (Fsp3) is 0.333. The molecule has 7 heteroatoms. The van der Waals surface area contributed by atoms with Crippen LogP contribution in [0.3, 0.4) is 0 Å². The normalized spacial score (nSPS) is 10.4. The molecule has 0 fully saturated rings. The van der Waals surface area contributed by atoms with Gasteiger partial charge in [-0.3, -0.25) is 15.0 Å². The van der Waals surface area contributed by atoms with E-state index < -0.39 is 0 Å². The van der Waals surface area contributed by atoms with Crippen molar-refractivity contribution in [2.24, 2.45) is 0 Å². The third-order valence-corrected chi connectivity index (χ3v) is 2.02. The molecule has 0 spiro atoms. The molecule has 0 unspecified atom stereocenters. The zero-order valence-electron chi connectivity index (χ0n) is 9.03. The van der Waals surface area contributed by atoms with Gasteiger partial charge in [-0.1, -0.05) is 6.92 Å². The second-order valence-corrected chi connectivity index (χ2v) is 3.35. The Bertz CT molecular complexity index is 500. The molecule has 1 amide bonds. The Kier molecular flexibility index (Phi) is 2.67. The summed E-state index contributed by atoms with van der Waals surface area (Å²) in [5, 5.41) is 15.7. The number of carbonyl (C=O) groups is 1. The van der Waals surface area contributed by atoms with E-state index in [-0.39, 0.29) is 11.7 Å². The van der Waals surface area contributed by atoms with E-state index in [9.17, 15) is 4.79 Å². The van der Waals surface area contributed by atoms with Crippen LogP contribution in [0.1, 0.15) is 29.1 Å². The highest BCUT2D eigenvalue weighted by Gasteiger charge is 2.12. The molecule has 16 heavy (non-hydrogen) atoms. The van der Waals surface area contributed by atoms with Crippen LogP contribution in [0.25, 0.3) is 0 Å². The standard InChI is InChI=1S/C9H12N6O/c1-3-6-10-8(15-13-6)9(16)11-7-4-5(2)12-14-7/h4H,3H2,1-2H3,(H,10,13,15)(H2,11,12,14,16). The largest absolute Gasteiger partial charge is 0.302 e. The molecule has 0 bridgehead atoms. The van der Waals surface area contributed by atoms with Crippen LogP contribution in [0.2, 0.25) is 0 Å². The predicted octanol–water partition coefficient (Wildman–Crippen LogP) is 0.651. The summed E-state index contributed by atoms with van der Waals surface area (Å²) < 4.78 is 0. The van der Waals surface area contributed by atoms with Gasteiger partial charge in [0.15, 0.2) is 5.82 Å². The molecule has 0 atom stereocenters. The topological polar surface area (TPSA) is 99.3 Å². The van der Waals surface area contributed by atoms with Gasteiger partial charge >= 0.3 is 0 Å². The summed E-state index contributed by atoms with van der Waals surface area (Å²) in [5.74, 6) is 0.897. The molecule has 0 radical (unpaired) electrons. The van der Waals surface area contributed by atoms with Crippen LogP contribution in [-0.4, -0.2) is 31.3 Å². The minimum Gasteiger partial charge on any atom is -0.302 e. The van der Waals surface area contributed by atoms with Crippen molar-refractivity contribution in [2.45, 2.75) is 20.3 Å². The Morgan fingerprint density at radius 1 is 1.44 bits per heavy atom. The van der Waals surface area contributed by atoms with Crippen molar-refractivity contribution in [1.29, 1.82) is 0 Å². The molecular formula is C9H12N6O. The van der Waals surface area contributed by atoms with Crippen molar-refractivity contribution < 1.29 is 4.79 Å². The second kappa shape index (κ2) is 4.13. The number of amides is 1. The number of nitrogens with zero attached hydrogens (tertiary/aromatic N) is 3. The molecule has 0 aromatic carbocycles. The summed E-state index contributed by atoms with van der Waals surface area (Å²) in [4.78, 5) is 15.7. The van der Waals surface area contributed by atoms with Gasteiger partial charge in [-0.15, -0.1) is 5.10 Å². The quantitative estimate of drug-likeness (QED) is 0.707. The van der Waals surface area contributed by atoms with E-state index in [1.807, 2.05) is 13.8 Å². The van der Waals surface area contributed by atoms with Gasteiger partial charge < -0.3 is 5.32 Å². The molecular weight excluding hydrogens is 208 g/mol. The maximum absolute atomic E-state index is 11.6. The summed E-state index contributed by atoms with van der Waals surface area (Å²) in [6.07, 6.45) is 0.710. The van der Waals surface area contributed by atoms with E-state index in [0.717, 1.165) is 5.69 Å². The lowest BCUT2D eigenvalue weighted by atomic mass is 10.4. The average Bonchev–Trinajstić information content (AvgIpc) is 2.87. The molecule has 0 aliphatic carbocycles. The Hall–Kier alpha value is -2.18. The number of nitrogens with one attached hydrogen (secondary N) is 3. The van der Waals surface area contributed by atoms with Gasteiger partial charge in [0.25, 0.3) is 5.91 Å². The smallest absolute Gasteiger partial charge is 0.296 e. The summed E-state index contributed by atoms with van der Waals surface area (Å²) in [5.41, 5.74) is 0.875. The zero-order chi connectivity index (χ0) is 11.5. The van der Waals surface area contributed by atoms with Crippen LogP contribution in [0, 0.1) is 6.92 Å². The lowest BCUT2D eigenvalue weighted by Crippen LogP contribution is -2.14. The van der Waals surface area contributed by atoms with Crippen LogP contribution >= 0.6 is 0 Å². The summed E-state index contributed by atoms with van der Waals surface area (Å²) in [6, 6.07) is 1.73. The molecule has 0 saturated carbocycles. The number of hydrogen-bond donors (Lipinski definition) is 3. The maximum Gasteiger partial charge on any atom is 0.296 e. The first-order valence-electron chi connectivity index (χ1n) is 4.93. The molecule has 84 valence electrons. The highest BCUT2D eigenvalue weighted by molar-refractivity contribution is 6.00. The number of aryl methyl sites for hydroxylation is 2. The van der Waals surface area contributed by atoms with Gasteiger partial charge in [-0.2, -0.15) is 5.10 Å². The van der Waals surface area contributed by atoms with Gasteiger partial charge in [0.05, 0.1) is 0 Å². The van der Waals surface area contributed by atoms with Crippen LogP contribution in [0.5, 0.6) is 0 Å². The minimum atomic E-state index is -0.373. The Morgan fingerprint density at radius 3 is 2.81 bits per heavy atom. The monoisotopic (exact) mass is 220 g/mol. The SMILES string of the molecule is CCc1nc(C(=O)Nc2cc(C)[nH]n2)n[nH]1. The van der Waals surface area contributed by atoms with Gasteiger partial charge in [-0.05, 0) is 6.92 Å². The van der Waals surface area contributed by atoms with Crippen molar-refractivity contribution in [2.75, 3.05) is 5.32 Å². The Balaban J connectivity index is 2.08. The zero-order valence-corrected chi connectivity index (χ0v) is 9.03. The number of carbonyl (C=O) groups excluding carboxylic acids is 1. The first kappa shape index (κ1) is 10.3. The van der Waals surface area contributed by atoms with E-state index in [4.69, 9.17) is 0 Å². The highest BCUT2D eigenvalue weighted by Crippen LogP contribution is 2.05. The van der Waals surface area contributed by atoms with Gasteiger partial charge in [0.1, 0.15) is 5.82 Å². The van der Waals surface area contributed by atoms with Gasteiger partial charge in [0, 0.05) is 18.2 Å². The summed E-state index contributed by atoms with van der Waals surface area (Å²) >= 11 is 0. The minimum absolute atomic E-state index is 0.123. The maximum atomic E-state index is 11.6. The number of hydrogen-bond acceptors (Lipinski definition) is 4. The fourth-order valence-electron chi connectivity index (χ4n) is 1.21. The molecule has 2 heterocycles. The average molecular weight is 220 g/mol. The van der Waals surface area contributed by atoms with Gasteiger partial charge in [-0.25, -0.2) is 4.98 Å². The van der Waals surface area contributed by atoms with Crippen LogP contribution < -0.4 is 5.32 Å². The van der Waals surface area contributed by atoms with E-state index in [0.29, 0.717) is 18.1 Å². The summed E-state index contributed by atoms with van der Waals surface area (Å²) in [7, 11) is 0. The van der Waals surface area contributed by atoms with Crippen LogP contribution in [0.4, 0.5) is 5.82 Å². The second-order valence-electron chi connectivity index (χ2n) is 3.35. The Morgan fingerprint density at radius 2 is 2.25 bits per heavy atom. The lowest BCUT2D eigenvalue weighted by molar-refractivity contribution is 0.101. The molecule has 3 N–H and O–H groups in total. The molecule has 0 aliphatic heterocycles. The highest BCUT2D eigenvalue weighted by atomic mass is 16.2. The van der Waals surface area contributed by atoms with Crippen LogP contribution in [-0.2, 0) is 6.42 Å². The molecule has 7 nitrogen and oxygen atoms in total. The molecule has 2 aromatic heterocycles. The number of aromatic amines is 2. The number of anilines is 1. The molecule has 0 aliphatic rings. The molecule has 0 saturated heterocycles. The number of rotatable bonds is 3. The van der Waals surface area contributed by atoms with Crippen LogP contribution in [0.15, 0.2) is 6.07 Å². The van der Waals surface area contributed by atoms with E-state index in [1.165, 1.54) is 0 Å². The number of H-pyrrole nitrogens is 2. The van der Waals surface area contributed by atoms with Crippen molar-refractivity contribution >= 4 is 11.7 Å². The van der Waals surface area contributed by atoms with E-state index in [1.54, 1.807) is 6.07 Å². The number of aromatic nitrogens is 5. The lowest BCUT2D eigenvalue weighted by Gasteiger charge is -1.95. The third kappa shape index (κ3) is 2.08. The van der Waals surface area contributed by atoms with Crippen molar-refractivity contribution in [3.05, 3.63) is 23.4 Å². The van der Waals surface area contributed by atoms with Crippen molar-refractivity contribution in [1.82, 2.24) is 25.4 Å². The van der Waals surface area contributed by atoms with Gasteiger partial charge in [0.2, 0.25) is 5.82 Å². The third-order valence-electron chi connectivity index (χ3n) is 2.02. The Labute approximate surface area is 91.7 Å². The van der Waals surface area contributed by atoms with Crippen molar-refractivity contribution in [3.8, 4) is 0 Å². The molecule has 2 aromatic rings. The van der Waals surface area contributed by atoms with E-state index >= 15 is 0 Å².